The fourth-order valence-electron chi connectivity index (χ4n) is 1.74. The molecule has 6 nitrogen and oxygen atoms in total. The second-order valence-electron chi connectivity index (χ2n) is 5.83. The largest absolute Gasteiger partial charge is 0.503 e. The molecule has 0 saturated heterocycles. The Bertz CT molecular complexity index is 767. The Morgan fingerprint density at radius 2 is 0.618 bits per heavy atom. The molecule has 2 rings (SSSR count). The van der Waals surface area contributed by atoms with Gasteiger partial charge >= 0.3 is 11.9 Å². The van der Waals surface area contributed by atoms with Crippen LogP contribution in [0.25, 0.3) is 0 Å². The van der Waals surface area contributed by atoms with Gasteiger partial charge in [-0.1, -0.05) is 0 Å². The summed E-state index contributed by atoms with van der Waals surface area (Å²) in [6.45, 7) is 0. The number of rotatable bonds is 5. The van der Waals surface area contributed by atoms with Crippen LogP contribution in [-0.2, 0) is 9.59 Å². The average Bonchev–Trinajstić information content (AvgIpc) is 2.79. The summed E-state index contributed by atoms with van der Waals surface area (Å²) in [5.41, 5.74) is 0. The molecule has 0 aromatic heterocycles. The molecule has 34 heavy (non-hydrogen) atoms. The lowest BCUT2D eigenvalue weighted by atomic mass is 10.2. The summed E-state index contributed by atoms with van der Waals surface area (Å²) in [6.07, 6.45) is 1.02. The standard InChI is InChI=1S/2C6HF5O.C6H10O4/c2*7-1-2(8)4(10)6(12)5(11)3(1)9;7-5(8)3-1-2-4-6(9)10/h2*12H;1-4H2,(H,7,8)(H,9,10). The SMILES string of the molecule is O=C(O)CCCCC(=O)O.Oc1c(F)c(F)c(F)c(F)c1F.Oc1c(F)c(F)c(F)c(F)c1F. The van der Waals surface area contributed by atoms with Gasteiger partial charge in [0.25, 0.3) is 0 Å². The summed E-state index contributed by atoms with van der Waals surface area (Å²) in [5, 5.41) is 32.9. The molecule has 16 heteroatoms. The molecule has 0 amide bonds. The summed E-state index contributed by atoms with van der Waals surface area (Å²) < 4.78 is 121. The zero-order valence-electron chi connectivity index (χ0n) is 16.2. The second-order valence-corrected chi connectivity index (χ2v) is 5.83. The van der Waals surface area contributed by atoms with E-state index in [0.717, 1.165) is 0 Å². The highest BCUT2D eigenvalue weighted by Crippen LogP contribution is 2.28. The molecule has 0 saturated carbocycles. The smallest absolute Gasteiger partial charge is 0.303 e. The van der Waals surface area contributed by atoms with Gasteiger partial charge in [-0.05, 0) is 12.8 Å². The van der Waals surface area contributed by atoms with E-state index in [4.69, 9.17) is 20.4 Å². The normalized spacial score (nSPS) is 10.1. The molecule has 0 bridgehead atoms. The van der Waals surface area contributed by atoms with Crippen LogP contribution in [-0.4, -0.2) is 32.4 Å². The number of halogens is 10. The van der Waals surface area contributed by atoms with Crippen LogP contribution in [0.1, 0.15) is 25.7 Å². The molecule has 4 N–H and O–H groups in total. The summed E-state index contributed by atoms with van der Waals surface area (Å²) >= 11 is 0. The third kappa shape index (κ3) is 8.00. The molecule has 0 aliphatic heterocycles. The Hall–Kier alpha value is -3.72. The number of unbranched alkanes of at least 4 members (excludes halogenated alkanes) is 1. The third-order valence-corrected chi connectivity index (χ3v) is 3.40. The first-order valence-electron chi connectivity index (χ1n) is 8.40. The summed E-state index contributed by atoms with van der Waals surface area (Å²) in [6, 6.07) is 0. The van der Waals surface area contributed by atoms with Crippen LogP contribution in [0.3, 0.4) is 0 Å². The van der Waals surface area contributed by atoms with Gasteiger partial charge in [0.2, 0.25) is 58.2 Å². The highest BCUT2D eigenvalue weighted by atomic mass is 19.2. The van der Waals surface area contributed by atoms with E-state index in [1.54, 1.807) is 0 Å². The quantitative estimate of drug-likeness (QED) is 0.196. The molecule has 0 aliphatic rings. The number of carboxylic acids is 2. The van der Waals surface area contributed by atoms with Gasteiger partial charge < -0.3 is 20.4 Å². The van der Waals surface area contributed by atoms with Crippen molar-refractivity contribution in [3.63, 3.8) is 0 Å². The highest BCUT2D eigenvalue weighted by molar-refractivity contribution is 5.67. The number of carbonyl (C=O) groups is 2. The lowest BCUT2D eigenvalue weighted by Crippen LogP contribution is -2.00. The van der Waals surface area contributed by atoms with E-state index in [1.165, 1.54) is 0 Å². The van der Waals surface area contributed by atoms with Crippen LogP contribution < -0.4 is 0 Å². The number of benzene rings is 2. The van der Waals surface area contributed by atoms with Gasteiger partial charge in [0.05, 0.1) is 0 Å². The molecule has 0 aliphatic carbocycles. The maximum absolute atomic E-state index is 12.2. The minimum Gasteiger partial charge on any atom is -0.503 e. The number of phenolic OH excluding ortho intramolecular Hbond substituents is 2. The Labute approximate surface area is 182 Å². The fourth-order valence-corrected chi connectivity index (χ4v) is 1.74. The highest BCUT2D eigenvalue weighted by Gasteiger charge is 2.26. The van der Waals surface area contributed by atoms with Crippen molar-refractivity contribution < 1.29 is 73.9 Å². The molecule has 0 atom stereocenters. The molecule has 2 aromatic carbocycles. The van der Waals surface area contributed by atoms with E-state index in [-0.39, 0.29) is 12.8 Å². The summed E-state index contributed by atoms with van der Waals surface area (Å²) in [7, 11) is 0. The van der Waals surface area contributed by atoms with Gasteiger partial charge in [-0.3, -0.25) is 9.59 Å². The van der Waals surface area contributed by atoms with E-state index < -0.39 is 81.6 Å². The molecule has 2 aromatic rings. The van der Waals surface area contributed by atoms with Crippen LogP contribution >= 0.6 is 0 Å². The average molecular weight is 514 g/mol. The third-order valence-electron chi connectivity index (χ3n) is 3.40. The first-order valence-corrected chi connectivity index (χ1v) is 8.40. The minimum absolute atomic E-state index is 0.0628. The Morgan fingerprint density at radius 3 is 0.794 bits per heavy atom. The van der Waals surface area contributed by atoms with Crippen molar-refractivity contribution in [2.75, 3.05) is 0 Å². The number of hydrogen-bond acceptors (Lipinski definition) is 4. The molecule has 0 heterocycles. The van der Waals surface area contributed by atoms with Gasteiger partial charge in [-0.2, -0.15) is 17.6 Å². The van der Waals surface area contributed by atoms with Crippen LogP contribution in [0.2, 0.25) is 0 Å². The molecule has 0 spiro atoms. The van der Waals surface area contributed by atoms with Crippen LogP contribution in [0.5, 0.6) is 11.5 Å². The zero-order valence-corrected chi connectivity index (χ0v) is 16.2. The Morgan fingerprint density at radius 1 is 0.441 bits per heavy atom. The van der Waals surface area contributed by atoms with Crippen molar-refractivity contribution in [2.45, 2.75) is 25.7 Å². The van der Waals surface area contributed by atoms with E-state index in [9.17, 15) is 53.5 Å². The van der Waals surface area contributed by atoms with Crippen molar-refractivity contribution in [3.05, 3.63) is 58.2 Å². The Kier molecular flexibility index (Phi) is 11.7. The molecule has 0 unspecified atom stereocenters. The minimum atomic E-state index is -2.29. The van der Waals surface area contributed by atoms with Crippen molar-refractivity contribution >= 4 is 11.9 Å². The van der Waals surface area contributed by atoms with Gasteiger partial charge in [-0.25, -0.2) is 26.3 Å². The fraction of sp³-hybridized carbons (Fsp3) is 0.222. The topological polar surface area (TPSA) is 115 Å². The van der Waals surface area contributed by atoms with Crippen molar-refractivity contribution in [2.24, 2.45) is 0 Å². The lowest BCUT2D eigenvalue weighted by molar-refractivity contribution is -0.139. The predicted molar refractivity (Wildman–Crippen MR) is 89.5 cm³/mol. The summed E-state index contributed by atoms with van der Waals surface area (Å²) in [5.74, 6) is -27.6. The van der Waals surface area contributed by atoms with E-state index >= 15 is 0 Å². The van der Waals surface area contributed by atoms with Gasteiger partial charge in [0.1, 0.15) is 0 Å². The summed E-state index contributed by atoms with van der Waals surface area (Å²) in [4.78, 5) is 19.8. The van der Waals surface area contributed by atoms with Crippen molar-refractivity contribution in [1.82, 2.24) is 0 Å². The maximum Gasteiger partial charge on any atom is 0.303 e. The number of carboxylic acid groups (broad SMARTS) is 2. The van der Waals surface area contributed by atoms with E-state index in [0.29, 0.717) is 12.8 Å². The first kappa shape index (κ1) is 30.3. The molecular formula is C18H12F10O6. The number of aliphatic carboxylic acids is 2. The van der Waals surface area contributed by atoms with Crippen LogP contribution in [0, 0.1) is 58.2 Å². The zero-order chi connectivity index (χ0) is 26.9. The van der Waals surface area contributed by atoms with E-state index in [2.05, 4.69) is 0 Å². The van der Waals surface area contributed by atoms with E-state index in [1.807, 2.05) is 0 Å². The Balaban J connectivity index is 0.000000484. The van der Waals surface area contributed by atoms with Crippen molar-refractivity contribution in [3.8, 4) is 11.5 Å². The molecule has 190 valence electrons. The van der Waals surface area contributed by atoms with Crippen molar-refractivity contribution in [1.29, 1.82) is 0 Å². The number of hydrogen-bond donors (Lipinski definition) is 4. The number of aromatic hydroxyl groups is 2. The van der Waals surface area contributed by atoms with Gasteiger partial charge in [0, 0.05) is 12.8 Å². The maximum atomic E-state index is 12.2. The first-order chi connectivity index (χ1) is 15.6. The predicted octanol–water partition coefficient (Wildman–Crippen LogP) is 4.89. The molecular weight excluding hydrogens is 502 g/mol. The van der Waals surface area contributed by atoms with Gasteiger partial charge in [0.15, 0.2) is 11.5 Å². The van der Waals surface area contributed by atoms with Gasteiger partial charge in [-0.15, -0.1) is 0 Å². The number of phenols is 2. The van der Waals surface area contributed by atoms with Crippen LogP contribution in [0.15, 0.2) is 0 Å². The lowest BCUT2D eigenvalue weighted by Gasteiger charge is -2.00. The molecule has 0 fully saturated rings. The second kappa shape index (κ2) is 13.1. The monoisotopic (exact) mass is 514 g/mol. The van der Waals surface area contributed by atoms with Crippen LogP contribution in [0.4, 0.5) is 43.9 Å². The molecule has 0 radical (unpaired) electrons.